The Bertz CT molecular complexity index is 353. The van der Waals surface area contributed by atoms with Gasteiger partial charge in [0.25, 0.3) is 0 Å². The summed E-state index contributed by atoms with van der Waals surface area (Å²) < 4.78 is 0.652. The number of anilines is 1. The minimum atomic E-state index is -0.212. The van der Waals surface area contributed by atoms with Gasteiger partial charge >= 0.3 is 0 Å². The minimum Gasteiger partial charge on any atom is -0.323 e. The van der Waals surface area contributed by atoms with Crippen LogP contribution in [0.5, 0.6) is 0 Å². The molecule has 0 saturated heterocycles. The number of pyridine rings is 1. The maximum absolute atomic E-state index is 11.3. The Hall–Kier alpha value is -0.420. The van der Waals surface area contributed by atoms with Crippen LogP contribution in [0.1, 0.15) is 12.6 Å². The summed E-state index contributed by atoms with van der Waals surface area (Å²) in [6.07, 6.45) is 0. The third-order valence-corrected chi connectivity index (χ3v) is 2.63. The first kappa shape index (κ1) is 11.7. The molecule has 1 rings (SSSR count). The summed E-state index contributed by atoms with van der Waals surface area (Å²) >= 11 is 6.47. The van der Waals surface area contributed by atoms with Crippen molar-refractivity contribution in [1.82, 2.24) is 4.98 Å². The van der Waals surface area contributed by atoms with Crippen molar-refractivity contribution in [1.29, 1.82) is 0 Å². The van der Waals surface area contributed by atoms with Gasteiger partial charge < -0.3 is 5.32 Å². The van der Waals surface area contributed by atoms with E-state index in [1.165, 1.54) is 0 Å². The molecule has 5 heteroatoms. The molecule has 1 amide bonds. The average molecular weight is 322 g/mol. The second kappa shape index (κ2) is 4.89. The van der Waals surface area contributed by atoms with Gasteiger partial charge in [0.2, 0.25) is 5.91 Å². The van der Waals surface area contributed by atoms with E-state index in [2.05, 4.69) is 42.2 Å². The van der Waals surface area contributed by atoms with Crippen LogP contribution in [0.25, 0.3) is 0 Å². The number of carbonyl (C=O) groups is 1. The number of aryl methyl sites for hydroxylation is 1. The van der Waals surface area contributed by atoms with Crippen molar-refractivity contribution in [3.63, 3.8) is 0 Å². The summed E-state index contributed by atoms with van der Waals surface area (Å²) in [6, 6.07) is 3.67. The van der Waals surface area contributed by atoms with Gasteiger partial charge in [-0.25, -0.2) is 4.98 Å². The lowest BCUT2D eigenvalue weighted by atomic mass is 10.3. The van der Waals surface area contributed by atoms with E-state index < -0.39 is 0 Å². The highest BCUT2D eigenvalue weighted by molar-refractivity contribution is 9.10. The predicted octanol–water partition coefficient (Wildman–Crippen LogP) is 2.87. The smallest absolute Gasteiger partial charge is 0.237 e. The van der Waals surface area contributed by atoms with Crippen LogP contribution < -0.4 is 5.32 Å². The Labute approximate surface area is 99.6 Å². The highest BCUT2D eigenvalue weighted by Crippen LogP contribution is 2.20. The van der Waals surface area contributed by atoms with Crippen molar-refractivity contribution in [2.75, 3.05) is 5.32 Å². The highest BCUT2D eigenvalue weighted by atomic mass is 79.9. The number of hydrogen-bond acceptors (Lipinski definition) is 2. The Balaban J connectivity index is 2.82. The molecule has 76 valence electrons. The van der Waals surface area contributed by atoms with Gasteiger partial charge in [0.05, 0.1) is 10.5 Å². The Morgan fingerprint density at radius 1 is 1.57 bits per heavy atom. The quantitative estimate of drug-likeness (QED) is 0.672. The molecule has 0 bridgehead atoms. The molecule has 0 radical (unpaired) electrons. The zero-order valence-electron chi connectivity index (χ0n) is 7.84. The molecule has 1 N–H and O–H groups in total. The summed E-state index contributed by atoms with van der Waals surface area (Å²) in [5.74, 6) is -0.0867. The van der Waals surface area contributed by atoms with Crippen LogP contribution in [0, 0.1) is 6.92 Å². The first-order valence-electron chi connectivity index (χ1n) is 4.09. The molecule has 0 saturated carbocycles. The number of hydrogen-bond donors (Lipinski definition) is 1. The van der Waals surface area contributed by atoms with E-state index in [1.54, 1.807) is 6.92 Å². The van der Waals surface area contributed by atoms with Crippen LogP contribution in [-0.2, 0) is 4.79 Å². The average Bonchev–Trinajstić information content (AvgIpc) is 2.09. The maximum Gasteiger partial charge on any atom is 0.237 e. The third-order valence-electron chi connectivity index (χ3n) is 1.61. The number of halogens is 2. The number of alkyl halides is 1. The number of amides is 1. The lowest BCUT2D eigenvalue weighted by Crippen LogP contribution is -2.20. The van der Waals surface area contributed by atoms with Crippen LogP contribution in [-0.4, -0.2) is 15.7 Å². The van der Waals surface area contributed by atoms with E-state index in [0.717, 1.165) is 5.69 Å². The molecular formula is C9H10Br2N2O. The molecule has 1 heterocycles. The van der Waals surface area contributed by atoms with Gasteiger partial charge in [0, 0.05) is 5.69 Å². The van der Waals surface area contributed by atoms with Crippen molar-refractivity contribution < 1.29 is 4.79 Å². The molecule has 0 aliphatic rings. The van der Waals surface area contributed by atoms with Crippen LogP contribution >= 0.6 is 31.9 Å². The lowest BCUT2D eigenvalue weighted by Gasteiger charge is -2.08. The molecular weight excluding hydrogens is 312 g/mol. The van der Waals surface area contributed by atoms with Crippen molar-refractivity contribution >= 4 is 43.5 Å². The number of aromatic nitrogens is 1. The normalized spacial score (nSPS) is 12.3. The Morgan fingerprint density at radius 3 is 2.71 bits per heavy atom. The SMILES string of the molecule is Cc1ccc(NC(=O)C(C)Br)c(Br)n1. The molecule has 1 atom stereocenters. The first-order chi connectivity index (χ1) is 6.50. The second-order valence-corrected chi connectivity index (χ2v) is 5.02. The van der Waals surface area contributed by atoms with E-state index >= 15 is 0 Å². The standard InChI is InChI=1S/C9H10Br2N2O/c1-5-3-4-7(8(11)12-5)13-9(14)6(2)10/h3-4,6H,1-2H3,(H,13,14). The van der Waals surface area contributed by atoms with Crippen molar-refractivity contribution in [3.05, 3.63) is 22.4 Å². The molecule has 0 spiro atoms. The summed E-state index contributed by atoms with van der Waals surface area (Å²) in [6.45, 7) is 3.66. The zero-order valence-corrected chi connectivity index (χ0v) is 11.0. The predicted molar refractivity (Wildman–Crippen MR) is 63.7 cm³/mol. The van der Waals surface area contributed by atoms with Crippen molar-refractivity contribution in [2.45, 2.75) is 18.7 Å². The molecule has 1 aromatic rings. The van der Waals surface area contributed by atoms with Crippen LogP contribution in [0.3, 0.4) is 0 Å². The van der Waals surface area contributed by atoms with E-state index in [4.69, 9.17) is 0 Å². The largest absolute Gasteiger partial charge is 0.323 e. The van der Waals surface area contributed by atoms with Gasteiger partial charge in [-0.05, 0) is 41.9 Å². The summed E-state index contributed by atoms with van der Waals surface area (Å²) in [7, 11) is 0. The van der Waals surface area contributed by atoms with E-state index in [-0.39, 0.29) is 10.7 Å². The first-order valence-corrected chi connectivity index (χ1v) is 5.79. The van der Waals surface area contributed by atoms with E-state index in [9.17, 15) is 4.79 Å². The molecule has 3 nitrogen and oxygen atoms in total. The Morgan fingerprint density at radius 2 is 2.21 bits per heavy atom. The molecule has 0 fully saturated rings. The summed E-state index contributed by atoms with van der Waals surface area (Å²) in [4.78, 5) is 15.3. The van der Waals surface area contributed by atoms with Crippen LogP contribution in [0.15, 0.2) is 16.7 Å². The Kier molecular flexibility index (Phi) is 4.07. The van der Waals surface area contributed by atoms with Crippen LogP contribution in [0.2, 0.25) is 0 Å². The second-order valence-electron chi connectivity index (χ2n) is 2.90. The minimum absolute atomic E-state index is 0.0867. The van der Waals surface area contributed by atoms with Gasteiger partial charge in [0.1, 0.15) is 4.60 Å². The molecule has 0 aliphatic carbocycles. The fourth-order valence-corrected chi connectivity index (χ4v) is 1.48. The number of nitrogens with zero attached hydrogens (tertiary/aromatic N) is 1. The van der Waals surface area contributed by atoms with Gasteiger partial charge in [-0.2, -0.15) is 0 Å². The van der Waals surface area contributed by atoms with Gasteiger partial charge in [-0.1, -0.05) is 15.9 Å². The topological polar surface area (TPSA) is 42.0 Å². The monoisotopic (exact) mass is 320 g/mol. The van der Waals surface area contributed by atoms with Crippen LogP contribution in [0.4, 0.5) is 5.69 Å². The maximum atomic E-state index is 11.3. The molecule has 0 aromatic carbocycles. The van der Waals surface area contributed by atoms with Gasteiger partial charge in [-0.15, -0.1) is 0 Å². The number of nitrogens with one attached hydrogen (secondary N) is 1. The summed E-state index contributed by atoms with van der Waals surface area (Å²) in [5.41, 5.74) is 1.59. The van der Waals surface area contributed by atoms with Crippen molar-refractivity contribution in [2.24, 2.45) is 0 Å². The molecule has 1 unspecified atom stereocenters. The molecule has 0 aliphatic heterocycles. The molecule has 14 heavy (non-hydrogen) atoms. The zero-order chi connectivity index (χ0) is 10.7. The van der Waals surface area contributed by atoms with Gasteiger partial charge in [-0.3, -0.25) is 4.79 Å². The fourth-order valence-electron chi connectivity index (χ4n) is 0.850. The third kappa shape index (κ3) is 3.06. The number of carbonyl (C=O) groups excluding carboxylic acids is 1. The lowest BCUT2D eigenvalue weighted by molar-refractivity contribution is -0.115. The molecule has 1 aromatic heterocycles. The van der Waals surface area contributed by atoms with E-state index in [0.29, 0.717) is 10.3 Å². The van der Waals surface area contributed by atoms with Crippen molar-refractivity contribution in [3.8, 4) is 0 Å². The van der Waals surface area contributed by atoms with Gasteiger partial charge in [0.15, 0.2) is 0 Å². The summed E-state index contributed by atoms with van der Waals surface area (Å²) in [5, 5.41) is 2.74. The number of rotatable bonds is 2. The fraction of sp³-hybridized carbons (Fsp3) is 0.333. The highest BCUT2D eigenvalue weighted by Gasteiger charge is 2.10. The van der Waals surface area contributed by atoms with E-state index in [1.807, 2.05) is 19.1 Å².